The summed E-state index contributed by atoms with van der Waals surface area (Å²) >= 11 is 0. The number of benzene rings is 1. The normalized spacial score (nSPS) is 22.9. The molecule has 1 aromatic carbocycles. The average molecular weight is 391 g/mol. The van der Waals surface area contributed by atoms with Gasteiger partial charge in [-0.25, -0.2) is 9.97 Å². The minimum Gasteiger partial charge on any atom is -0.393 e. The molecule has 1 aliphatic carbocycles. The Kier molecular flexibility index (Phi) is 6.73. The molecule has 1 aliphatic heterocycles. The first-order valence-corrected chi connectivity index (χ1v) is 10.9. The van der Waals surface area contributed by atoms with Crippen molar-refractivity contribution in [3.8, 4) is 0 Å². The predicted molar refractivity (Wildman–Crippen MR) is 107 cm³/mol. The molecule has 4 rings (SSSR count). The second kappa shape index (κ2) is 9.23. The van der Waals surface area contributed by atoms with Crippen LogP contribution in [0, 0.1) is 0 Å². The fraction of sp³-hybridized carbons (Fsp3) is 0.526. The fourth-order valence-electron chi connectivity index (χ4n) is 3.31. The van der Waals surface area contributed by atoms with Crippen molar-refractivity contribution < 1.29 is 14.1 Å². The molecule has 1 saturated heterocycles. The third kappa shape index (κ3) is 5.71. The standard InChI is InChI=1S/C13H14N4O2S.C6H12O/c14-13-15-6-9-2-1-8(5-11(9)17-13)12(18)16-10-3-4-20(19)7-10;7-6-4-2-1-3-5-6/h1-2,5-6,10H,3-4,7H2,(H,16,18)(H2,14,15,17);6-7H,1-5H2. The number of nitrogens with two attached hydrogens (primary N) is 1. The van der Waals surface area contributed by atoms with Gasteiger partial charge in [0.1, 0.15) is 0 Å². The van der Waals surface area contributed by atoms with Crippen LogP contribution in [0.3, 0.4) is 0 Å². The highest BCUT2D eigenvalue weighted by Gasteiger charge is 2.23. The van der Waals surface area contributed by atoms with E-state index in [1.165, 1.54) is 19.3 Å². The number of hydrogen-bond acceptors (Lipinski definition) is 6. The van der Waals surface area contributed by atoms with Gasteiger partial charge in [-0.15, -0.1) is 0 Å². The minimum absolute atomic E-state index is 0.00509. The van der Waals surface area contributed by atoms with Gasteiger partial charge in [0.25, 0.3) is 5.91 Å². The Morgan fingerprint density at radius 2 is 2.00 bits per heavy atom. The lowest BCUT2D eigenvalue weighted by Crippen LogP contribution is -2.35. The summed E-state index contributed by atoms with van der Waals surface area (Å²) in [6.45, 7) is 0. The molecule has 2 unspecified atom stereocenters. The molecule has 4 N–H and O–H groups in total. The topological polar surface area (TPSA) is 118 Å². The van der Waals surface area contributed by atoms with Crippen LogP contribution >= 0.6 is 0 Å². The van der Waals surface area contributed by atoms with E-state index in [-0.39, 0.29) is 24.0 Å². The molecule has 7 nitrogen and oxygen atoms in total. The first-order valence-electron chi connectivity index (χ1n) is 9.37. The van der Waals surface area contributed by atoms with Gasteiger partial charge in [0.15, 0.2) is 0 Å². The van der Waals surface area contributed by atoms with Crippen molar-refractivity contribution in [3.05, 3.63) is 30.0 Å². The largest absolute Gasteiger partial charge is 0.393 e. The number of anilines is 1. The minimum atomic E-state index is -0.803. The lowest BCUT2D eigenvalue weighted by Gasteiger charge is -2.14. The van der Waals surface area contributed by atoms with Crippen molar-refractivity contribution >= 4 is 33.6 Å². The number of hydrogen-bond donors (Lipinski definition) is 3. The molecule has 0 radical (unpaired) electrons. The summed E-state index contributed by atoms with van der Waals surface area (Å²) in [5, 5.41) is 12.6. The number of carbonyl (C=O) groups is 1. The molecule has 2 atom stereocenters. The Bertz CT molecular complexity index is 824. The molecule has 2 fully saturated rings. The molecule has 0 bridgehead atoms. The Balaban J connectivity index is 0.000000253. The van der Waals surface area contributed by atoms with Crippen LogP contribution in [-0.2, 0) is 10.8 Å². The molecule has 2 aromatic rings. The Hall–Kier alpha value is -2.06. The quantitative estimate of drug-likeness (QED) is 0.719. The number of aliphatic hydroxyl groups is 1. The van der Waals surface area contributed by atoms with E-state index in [9.17, 15) is 9.00 Å². The molecule has 2 aliphatic rings. The summed E-state index contributed by atoms with van der Waals surface area (Å²) in [4.78, 5) is 20.2. The highest BCUT2D eigenvalue weighted by atomic mass is 32.2. The lowest BCUT2D eigenvalue weighted by molar-refractivity contribution is 0.0941. The summed E-state index contributed by atoms with van der Waals surface area (Å²) in [6.07, 6.45) is 8.31. The van der Waals surface area contributed by atoms with E-state index in [1.54, 1.807) is 24.4 Å². The number of aromatic nitrogens is 2. The summed E-state index contributed by atoms with van der Waals surface area (Å²) < 4.78 is 11.3. The molecular formula is C19H26N4O3S. The Labute approximate surface area is 161 Å². The van der Waals surface area contributed by atoms with E-state index >= 15 is 0 Å². The molecule has 0 spiro atoms. The van der Waals surface area contributed by atoms with E-state index < -0.39 is 10.8 Å². The van der Waals surface area contributed by atoms with Crippen molar-refractivity contribution in [2.45, 2.75) is 50.7 Å². The predicted octanol–water partition coefficient (Wildman–Crippen LogP) is 1.77. The van der Waals surface area contributed by atoms with Crippen molar-refractivity contribution in [1.82, 2.24) is 15.3 Å². The number of fused-ring (bicyclic) bond motifs is 1. The summed E-state index contributed by atoms with van der Waals surface area (Å²) in [7, 11) is -0.803. The number of amides is 1. The van der Waals surface area contributed by atoms with Gasteiger partial charge < -0.3 is 16.2 Å². The van der Waals surface area contributed by atoms with E-state index in [0.29, 0.717) is 22.6 Å². The smallest absolute Gasteiger partial charge is 0.251 e. The fourth-order valence-corrected chi connectivity index (χ4v) is 4.72. The van der Waals surface area contributed by atoms with Gasteiger partial charge in [-0.3, -0.25) is 9.00 Å². The average Bonchev–Trinajstić information content (AvgIpc) is 3.07. The lowest BCUT2D eigenvalue weighted by atomic mass is 9.98. The molecule has 8 heteroatoms. The number of rotatable bonds is 2. The van der Waals surface area contributed by atoms with Crippen molar-refractivity contribution in [2.24, 2.45) is 0 Å². The van der Waals surface area contributed by atoms with Crippen LogP contribution in [0.2, 0.25) is 0 Å². The number of nitrogen functional groups attached to an aromatic ring is 1. The van der Waals surface area contributed by atoms with Gasteiger partial charge >= 0.3 is 0 Å². The number of nitrogens with zero attached hydrogens (tertiary/aromatic N) is 2. The summed E-state index contributed by atoms with van der Waals surface area (Å²) in [5.41, 5.74) is 6.70. The van der Waals surface area contributed by atoms with Crippen molar-refractivity contribution in [3.63, 3.8) is 0 Å². The molecule has 2 heterocycles. The second-order valence-electron chi connectivity index (χ2n) is 7.06. The zero-order valence-electron chi connectivity index (χ0n) is 15.3. The molecular weight excluding hydrogens is 364 g/mol. The monoisotopic (exact) mass is 390 g/mol. The zero-order chi connectivity index (χ0) is 19.2. The van der Waals surface area contributed by atoms with Crippen LogP contribution in [0.1, 0.15) is 48.9 Å². The second-order valence-corrected chi connectivity index (χ2v) is 8.68. The van der Waals surface area contributed by atoms with Crippen LogP contribution in [0.4, 0.5) is 5.95 Å². The highest BCUT2D eigenvalue weighted by molar-refractivity contribution is 7.85. The van der Waals surface area contributed by atoms with Crippen LogP contribution in [0.5, 0.6) is 0 Å². The third-order valence-corrected chi connectivity index (χ3v) is 6.32. The SMILES string of the molecule is Nc1ncc2ccc(C(=O)NC3CCS(=O)C3)cc2n1.OC1CCCCC1. The van der Waals surface area contributed by atoms with Crippen molar-refractivity contribution in [2.75, 3.05) is 17.2 Å². The first kappa shape index (κ1) is 19.7. The van der Waals surface area contributed by atoms with Gasteiger partial charge in [-0.05, 0) is 31.4 Å². The van der Waals surface area contributed by atoms with Gasteiger partial charge in [-0.2, -0.15) is 0 Å². The summed E-state index contributed by atoms with van der Waals surface area (Å²) in [5.74, 6) is 1.20. The molecule has 1 saturated carbocycles. The van der Waals surface area contributed by atoms with E-state index in [0.717, 1.165) is 24.6 Å². The molecule has 1 aromatic heterocycles. The molecule has 1 amide bonds. The van der Waals surface area contributed by atoms with E-state index in [1.807, 2.05) is 0 Å². The number of nitrogens with one attached hydrogen (secondary N) is 1. The molecule has 27 heavy (non-hydrogen) atoms. The molecule has 146 valence electrons. The van der Waals surface area contributed by atoms with Crippen LogP contribution in [0.25, 0.3) is 10.9 Å². The zero-order valence-corrected chi connectivity index (χ0v) is 16.1. The maximum atomic E-state index is 12.2. The van der Waals surface area contributed by atoms with Crippen molar-refractivity contribution in [1.29, 1.82) is 0 Å². The number of carbonyl (C=O) groups excluding carboxylic acids is 1. The Morgan fingerprint density at radius 1 is 1.22 bits per heavy atom. The summed E-state index contributed by atoms with van der Waals surface area (Å²) in [6, 6.07) is 5.20. The van der Waals surface area contributed by atoms with Gasteiger partial charge in [0.05, 0.1) is 11.6 Å². The van der Waals surface area contributed by atoms with Crippen LogP contribution in [0.15, 0.2) is 24.4 Å². The van der Waals surface area contributed by atoms with Gasteiger partial charge in [0, 0.05) is 45.5 Å². The van der Waals surface area contributed by atoms with Gasteiger partial charge in [0.2, 0.25) is 5.95 Å². The van der Waals surface area contributed by atoms with E-state index in [2.05, 4.69) is 15.3 Å². The maximum Gasteiger partial charge on any atom is 0.251 e. The highest BCUT2D eigenvalue weighted by Crippen LogP contribution is 2.16. The first-order chi connectivity index (χ1) is 13.0. The van der Waals surface area contributed by atoms with Gasteiger partial charge in [-0.1, -0.05) is 25.3 Å². The Morgan fingerprint density at radius 3 is 2.63 bits per heavy atom. The van der Waals surface area contributed by atoms with E-state index in [4.69, 9.17) is 10.8 Å². The maximum absolute atomic E-state index is 12.2. The third-order valence-electron chi connectivity index (χ3n) is 4.85. The van der Waals surface area contributed by atoms with Crippen LogP contribution < -0.4 is 11.1 Å². The number of aliphatic hydroxyl groups excluding tert-OH is 1. The van der Waals surface area contributed by atoms with Crippen LogP contribution in [-0.4, -0.2) is 48.8 Å².